The third-order valence-corrected chi connectivity index (χ3v) is 5.11. The highest BCUT2D eigenvalue weighted by atomic mass is 28.4. The average Bonchev–Trinajstić information content (AvgIpc) is 2.64. The minimum absolute atomic E-state index is 0.381. The summed E-state index contributed by atoms with van der Waals surface area (Å²) in [6.45, 7) is 7.88. The maximum absolute atomic E-state index is 12.9. The molecule has 28 heavy (non-hydrogen) atoms. The molecular formula is C22H24F3NOSi. The molecule has 2 nitrogen and oxygen atoms in total. The molecule has 1 atom stereocenters. The third kappa shape index (κ3) is 5.57. The molecule has 0 saturated carbocycles. The molecule has 148 valence electrons. The summed E-state index contributed by atoms with van der Waals surface area (Å²) in [5, 5.41) is 9.96. The molecule has 2 aromatic rings. The second-order valence-electron chi connectivity index (χ2n) is 7.57. The predicted octanol–water partition coefficient (Wildman–Crippen LogP) is 6.55. The second kappa shape index (κ2) is 8.34. The Hall–Kier alpha value is -2.36. The van der Waals surface area contributed by atoms with E-state index in [4.69, 9.17) is 4.43 Å². The summed E-state index contributed by atoms with van der Waals surface area (Å²) in [4.78, 5) is 0. The van der Waals surface area contributed by atoms with E-state index in [9.17, 15) is 18.4 Å². The van der Waals surface area contributed by atoms with Crippen molar-refractivity contribution in [2.24, 2.45) is 0 Å². The molecule has 6 heteroatoms. The zero-order chi connectivity index (χ0) is 21.0. The Kier molecular flexibility index (Phi) is 6.53. The van der Waals surface area contributed by atoms with Gasteiger partial charge in [-0.05, 0) is 55.4 Å². The Morgan fingerprint density at radius 3 is 1.93 bits per heavy atom. The normalized spacial score (nSPS) is 14.6. The molecular weight excluding hydrogens is 379 g/mol. The molecule has 0 fully saturated rings. The van der Waals surface area contributed by atoms with Crippen molar-refractivity contribution in [2.75, 3.05) is 0 Å². The number of nitrogens with zero attached hydrogens (tertiary/aromatic N) is 1. The van der Waals surface area contributed by atoms with Crippen LogP contribution in [0.25, 0.3) is 6.08 Å². The number of hydrogen-bond donors (Lipinski definition) is 0. The van der Waals surface area contributed by atoms with E-state index in [0.29, 0.717) is 5.56 Å². The van der Waals surface area contributed by atoms with Gasteiger partial charge in [0.05, 0.1) is 5.56 Å². The summed E-state index contributed by atoms with van der Waals surface area (Å²) < 4.78 is 44.9. The van der Waals surface area contributed by atoms with Crippen LogP contribution >= 0.6 is 0 Å². The lowest BCUT2D eigenvalue weighted by molar-refractivity contribution is -0.137. The van der Waals surface area contributed by atoms with E-state index in [1.54, 1.807) is 12.2 Å². The number of aryl methyl sites for hydroxylation is 1. The molecule has 0 aliphatic heterocycles. The van der Waals surface area contributed by atoms with Crippen LogP contribution in [0.1, 0.15) is 29.2 Å². The van der Waals surface area contributed by atoms with Crippen LogP contribution in [0.5, 0.6) is 0 Å². The lowest BCUT2D eigenvalue weighted by atomic mass is 9.93. The summed E-state index contributed by atoms with van der Waals surface area (Å²) in [6, 6.07) is 14.7. The molecule has 1 unspecified atom stereocenters. The zero-order valence-electron chi connectivity index (χ0n) is 16.5. The summed E-state index contributed by atoms with van der Waals surface area (Å²) in [5.41, 5.74) is 0.271. The van der Waals surface area contributed by atoms with Crippen LogP contribution in [0, 0.1) is 11.3 Å². The van der Waals surface area contributed by atoms with Gasteiger partial charge in [-0.1, -0.05) is 49.4 Å². The van der Waals surface area contributed by atoms with Crippen LogP contribution in [0.4, 0.5) is 13.2 Å². The highest BCUT2D eigenvalue weighted by Gasteiger charge is 2.37. The van der Waals surface area contributed by atoms with Crippen molar-refractivity contribution in [1.82, 2.24) is 0 Å². The Morgan fingerprint density at radius 1 is 0.964 bits per heavy atom. The molecule has 2 aromatic carbocycles. The lowest BCUT2D eigenvalue weighted by Crippen LogP contribution is -2.38. The van der Waals surface area contributed by atoms with Crippen molar-refractivity contribution < 1.29 is 17.6 Å². The third-order valence-electron chi connectivity index (χ3n) is 4.17. The van der Waals surface area contributed by atoms with Crippen molar-refractivity contribution in [3.8, 4) is 6.07 Å². The highest BCUT2D eigenvalue weighted by molar-refractivity contribution is 6.69. The molecule has 2 rings (SSSR count). The molecule has 0 radical (unpaired) electrons. The minimum Gasteiger partial charge on any atom is -0.394 e. The number of nitriles is 1. The molecule has 0 spiro atoms. The summed E-state index contributed by atoms with van der Waals surface area (Å²) >= 11 is 0. The predicted molar refractivity (Wildman–Crippen MR) is 108 cm³/mol. The van der Waals surface area contributed by atoms with E-state index in [-0.39, 0.29) is 0 Å². The number of benzene rings is 2. The number of halogens is 3. The van der Waals surface area contributed by atoms with Crippen LogP contribution in [0.2, 0.25) is 19.6 Å². The maximum atomic E-state index is 12.9. The summed E-state index contributed by atoms with van der Waals surface area (Å²) in [5.74, 6) is 0. The molecule has 0 aliphatic rings. The Balaban J connectivity index is 2.47. The second-order valence-corrected chi connectivity index (χ2v) is 12.0. The largest absolute Gasteiger partial charge is 0.416 e. The molecule has 0 heterocycles. The Bertz CT molecular complexity index is 859. The standard InChI is InChI=1S/C22H24F3NOSi/c1-5-17-6-8-18(9-7-17)14-15-21(16-26,27-28(2,3)4)19-10-12-20(13-11-19)22(23,24)25/h6-15H,5H2,1-4H3. The number of rotatable bonds is 6. The fourth-order valence-corrected chi connectivity index (χ4v) is 3.98. The van der Waals surface area contributed by atoms with E-state index in [1.165, 1.54) is 17.7 Å². The van der Waals surface area contributed by atoms with Gasteiger partial charge in [0.25, 0.3) is 0 Å². The van der Waals surface area contributed by atoms with E-state index < -0.39 is 25.7 Å². The van der Waals surface area contributed by atoms with E-state index in [1.807, 2.05) is 43.9 Å². The topological polar surface area (TPSA) is 33.0 Å². The van der Waals surface area contributed by atoms with Gasteiger partial charge >= 0.3 is 6.18 Å². The van der Waals surface area contributed by atoms with Crippen molar-refractivity contribution >= 4 is 14.4 Å². The van der Waals surface area contributed by atoms with Gasteiger partial charge in [0, 0.05) is 5.56 Å². The molecule has 0 amide bonds. The molecule has 0 bridgehead atoms. The molecule has 0 aliphatic carbocycles. The minimum atomic E-state index is -4.43. The number of alkyl halides is 3. The molecule has 0 saturated heterocycles. The Labute approximate surface area is 165 Å². The van der Waals surface area contributed by atoms with Gasteiger partial charge < -0.3 is 4.43 Å². The fraction of sp³-hybridized carbons (Fsp3) is 0.318. The SMILES string of the molecule is CCc1ccc(C=CC(C#N)(O[Si](C)(C)C)c2ccc(C(F)(F)F)cc2)cc1. The van der Waals surface area contributed by atoms with Crippen LogP contribution in [-0.4, -0.2) is 8.32 Å². The highest BCUT2D eigenvalue weighted by Crippen LogP contribution is 2.35. The lowest BCUT2D eigenvalue weighted by Gasteiger charge is -2.32. The molecule has 0 aromatic heterocycles. The average molecular weight is 404 g/mol. The van der Waals surface area contributed by atoms with Crippen LogP contribution in [0.15, 0.2) is 54.6 Å². The van der Waals surface area contributed by atoms with Crippen molar-refractivity contribution in [3.63, 3.8) is 0 Å². The smallest absolute Gasteiger partial charge is 0.394 e. The van der Waals surface area contributed by atoms with Gasteiger partial charge in [0.1, 0.15) is 6.07 Å². The number of hydrogen-bond acceptors (Lipinski definition) is 2. The van der Waals surface area contributed by atoms with Crippen LogP contribution < -0.4 is 0 Å². The first-order valence-corrected chi connectivity index (χ1v) is 12.5. The van der Waals surface area contributed by atoms with Crippen molar-refractivity contribution in [3.05, 3.63) is 76.9 Å². The van der Waals surface area contributed by atoms with Gasteiger partial charge in [0.15, 0.2) is 13.9 Å². The quantitative estimate of drug-likeness (QED) is 0.512. The summed E-state index contributed by atoms with van der Waals surface area (Å²) in [7, 11) is -2.20. The van der Waals surface area contributed by atoms with Gasteiger partial charge in [-0.2, -0.15) is 18.4 Å². The fourth-order valence-electron chi connectivity index (χ4n) is 2.78. The Morgan fingerprint density at radius 2 is 1.50 bits per heavy atom. The maximum Gasteiger partial charge on any atom is 0.416 e. The van der Waals surface area contributed by atoms with E-state index in [0.717, 1.165) is 24.1 Å². The summed E-state index contributed by atoms with van der Waals surface area (Å²) in [6.07, 6.45) is -0.0873. The molecule has 0 N–H and O–H groups in total. The zero-order valence-corrected chi connectivity index (χ0v) is 17.5. The first-order valence-electron chi connectivity index (χ1n) is 9.06. The van der Waals surface area contributed by atoms with Gasteiger partial charge in [-0.3, -0.25) is 0 Å². The first kappa shape index (κ1) is 21.9. The van der Waals surface area contributed by atoms with E-state index >= 15 is 0 Å². The van der Waals surface area contributed by atoms with Crippen molar-refractivity contribution in [1.29, 1.82) is 5.26 Å². The van der Waals surface area contributed by atoms with Crippen molar-refractivity contribution in [2.45, 2.75) is 44.8 Å². The monoisotopic (exact) mass is 403 g/mol. The van der Waals surface area contributed by atoms with Gasteiger partial charge in [-0.25, -0.2) is 0 Å². The first-order chi connectivity index (χ1) is 13.0. The van der Waals surface area contributed by atoms with Crippen LogP contribution in [0.3, 0.4) is 0 Å². The van der Waals surface area contributed by atoms with E-state index in [2.05, 4.69) is 13.0 Å². The van der Waals surface area contributed by atoms with Crippen LogP contribution in [-0.2, 0) is 22.6 Å². The van der Waals surface area contributed by atoms with Gasteiger partial charge in [-0.15, -0.1) is 0 Å². The van der Waals surface area contributed by atoms with Gasteiger partial charge in [0.2, 0.25) is 0 Å².